The van der Waals surface area contributed by atoms with Crippen molar-refractivity contribution < 1.29 is 119 Å². The first kappa shape index (κ1) is 62.2. The number of carbonyl (C=O) groups excluding carboxylic acids is 2. The van der Waals surface area contributed by atoms with Crippen LogP contribution in [0.3, 0.4) is 0 Å². The van der Waals surface area contributed by atoms with Crippen molar-refractivity contribution in [2.45, 2.75) is 224 Å². The number of aliphatic hydroxyl groups is 12. The molecule has 2 unspecified atom stereocenters. The number of carboxylic acids is 1. The van der Waals surface area contributed by atoms with E-state index in [1.807, 2.05) is 20.8 Å². The van der Waals surface area contributed by atoms with E-state index in [1.54, 1.807) is 19.9 Å². The molecule has 8 rings (SSSR count). The third kappa shape index (κ3) is 10.0. The van der Waals surface area contributed by atoms with Crippen molar-refractivity contribution in [3.8, 4) is 0 Å². The second-order valence-electron chi connectivity index (χ2n) is 25.6. The van der Waals surface area contributed by atoms with Crippen LogP contribution in [0.4, 0.5) is 0 Å². The van der Waals surface area contributed by atoms with Gasteiger partial charge in [0.15, 0.2) is 25.0 Å². The number of hydrogen-bond acceptors (Lipinski definition) is 23. The number of aliphatic carboxylic acids is 1. The van der Waals surface area contributed by atoms with Crippen molar-refractivity contribution >= 4 is 17.9 Å². The predicted octanol–water partition coefficient (Wildman–Crippen LogP) is -1.32. The van der Waals surface area contributed by atoms with E-state index < -0.39 is 193 Å². The van der Waals surface area contributed by atoms with Crippen molar-refractivity contribution in [1.82, 2.24) is 0 Å². The van der Waals surface area contributed by atoms with Gasteiger partial charge >= 0.3 is 17.9 Å². The molecular formula is C55H86O24. The number of carboxylic acid groups (broad SMARTS) is 1. The van der Waals surface area contributed by atoms with Crippen LogP contribution in [0.2, 0.25) is 0 Å². The van der Waals surface area contributed by atoms with E-state index in [4.69, 9.17) is 37.9 Å². The van der Waals surface area contributed by atoms with Crippen LogP contribution in [-0.4, -0.2) is 227 Å². The molecule has 0 amide bonds. The van der Waals surface area contributed by atoms with Crippen LogP contribution >= 0.6 is 0 Å². The molecule has 5 aliphatic carbocycles. The Bertz CT molecular complexity index is 2290. The van der Waals surface area contributed by atoms with Crippen molar-refractivity contribution in [2.24, 2.45) is 50.2 Å². The van der Waals surface area contributed by atoms with Crippen molar-refractivity contribution in [1.29, 1.82) is 0 Å². The minimum absolute atomic E-state index is 0.0849. The van der Waals surface area contributed by atoms with Crippen LogP contribution < -0.4 is 0 Å². The molecule has 3 heterocycles. The van der Waals surface area contributed by atoms with E-state index in [-0.39, 0.29) is 31.3 Å². The monoisotopic (exact) mass is 1130 g/mol. The molecule has 24 heteroatoms. The van der Waals surface area contributed by atoms with Crippen LogP contribution in [0.25, 0.3) is 0 Å². The van der Waals surface area contributed by atoms with Crippen molar-refractivity contribution in [2.75, 3.05) is 26.4 Å². The standard InChI is InChI=1S/C55H86O24/c1-10-23(2)46(71)79-44-43(68)55(22-72-24(3)59)26(17-50(44,4)5)25-11-12-30-51(6)15-14-32(52(7,21-58)29(51)13-16-53(30,8)54(25,9)18-31(55)60)75-49-41(77-48-38(66)36(64)34(62)28(20-57)74-48)39(67)40(42(78-49)45(69)70)76-47-37(65)35(63)33(61)27(19-56)73-47/h10-11,26-44,47-49,56-58,60-68H,12-22H2,1-9H3,(H,69,70)/b23-10+/t26-,27+,28+,29?,30?,31+,32-,33+,34+,35-,36-,37+,38+,39-,40-,41+,42-,43-,44-,47-,48-,49+,51-,52+,53+,54+,55-/m1/s1. The molecule has 4 saturated carbocycles. The molecule has 0 aromatic carbocycles. The van der Waals surface area contributed by atoms with Gasteiger partial charge in [-0.05, 0) is 92.8 Å². The topological polar surface area (TPSA) is 388 Å². The molecule has 0 radical (unpaired) electrons. The van der Waals surface area contributed by atoms with Crippen LogP contribution in [-0.2, 0) is 52.3 Å². The van der Waals surface area contributed by atoms with Crippen LogP contribution in [0.1, 0.15) is 107 Å². The molecule has 3 saturated heterocycles. The van der Waals surface area contributed by atoms with E-state index in [9.17, 15) is 80.8 Å². The second kappa shape index (κ2) is 22.6. The van der Waals surface area contributed by atoms with Crippen LogP contribution in [0, 0.1) is 50.2 Å². The minimum atomic E-state index is -2.18. The van der Waals surface area contributed by atoms with Gasteiger partial charge in [-0.25, -0.2) is 9.59 Å². The molecule has 8 aliphatic rings. The lowest BCUT2D eigenvalue weighted by Crippen LogP contribution is -2.72. The Morgan fingerprint density at radius 3 is 1.81 bits per heavy atom. The van der Waals surface area contributed by atoms with Crippen molar-refractivity contribution in [3.05, 3.63) is 23.3 Å². The summed E-state index contributed by atoms with van der Waals surface area (Å²) in [5.41, 5.74) is -3.78. The van der Waals surface area contributed by atoms with Gasteiger partial charge in [0.2, 0.25) is 0 Å². The highest BCUT2D eigenvalue weighted by Crippen LogP contribution is 2.76. The zero-order valence-electron chi connectivity index (χ0n) is 46.4. The molecule has 3 aliphatic heterocycles. The maximum Gasteiger partial charge on any atom is 0.335 e. The Balaban J connectivity index is 1.11. The number of aliphatic hydroxyl groups excluding tert-OH is 12. The summed E-state index contributed by atoms with van der Waals surface area (Å²) in [7, 11) is 0. The molecule has 0 aromatic rings. The summed E-state index contributed by atoms with van der Waals surface area (Å²) >= 11 is 0. The predicted molar refractivity (Wildman–Crippen MR) is 269 cm³/mol. The smallest absolute Gasteiger partial charge is 0.335 e. The van der Waals surface area contributed by atoms with Gasteiger partial charge in [-0.2, -0.15) is 0 Å². The number of rotatable bonds is 14. The van der Waals surface area contributed by atoms with Gasteiger partial charge in [-0.3, -0.25) is 4.79 Å². The highest BCUT2D eigenvalue weighted by Gasteiger charge is 2.74. The lowest BCUT2D eigenvalue weighted by Gasteiger charge is -2.72. The molecule has 24 nitrogen and oxygen atoms in total. The fourth-order valence-corrected chi connectivity index (χ4v) is 16.1. The van der Waals surface area contributed by atoms with E-state index in [0.717, 1.165) is 5.57 Å². The molecule has 0 aromatic heterocycles. The minimum Gasteiger partial charge on any atom is -0.479 e. The summed E-state index contributed by atoms with van der Waals surface area (Å²) in [6, 6.07) is 0. The Morgan fingerprint density at radius 2 is 1.28 bits per heavy atom. The van der Waals surface area contributed by atoms with Gasteiger partial charge in [-0.1, -0.05) is 59.3 Å². The average molecular weight is 1130 g/mol. The molecule has 450 valence electrons. The molecule has 0 bridgehead atoms. The van der Waals surface area contributed by atoms with Gasteiger partial charge < -0.3 is 104 Å². The average Bonchev–Trinajstić information content (AvgIpc) is 1.69. The summed E-state index contributed by atoms with van der Waals surface area (Å²) in [5.74, 6) is -3.82. The first-order chi connectivity index (χ1) is 36.9. The number of esters is 2. The van der Waals surface area contributed by atoms with E-state index >= 15 is 0 Å². The van der Waals surface area contributed by atoms with Gasteiger partial charge in [0, 0.05) is 23.3 Å². The number of allylic oxidation sites excluding steroid dienone is 3. The summed E-state index contributed by atoms with van der Waals surface area (Å²) in [6.07, 6.45) is -26.8. The SMILES string of the molecule is C/C=C(\C)C(=O)O[C@@H]1[C@@H](O)[C@]2(COC(C)=O)[C@H](CC1(C)C)C1=CCC3[C@]4(C)CC[C@@H](O[C@H]5O[C@@H](C(=O)O)[C@H](O[C@H]6O[C@@H](CO)[C@H](O)[C@@H](O)[C@@H]6O)[C@@H](O)[C@@H]5O[C@H]5O[C@@H](CO)[C@H](O)[C@@H](O)[C@@H]5O)[C@@](C)(CO)C4CC[C@]3(C)[C@@]1(C)C[C@@H]2O. The fraction of sp³-hybridized carbons (Fsp3) is 0.873. The van der Waals surface area contributed by atoms with E-state index in [0.29, 0.717) is 37.7 Å². The normalized spacial score (nSPS) is 50.6. The largest absolute Gasteiger partial charge is 0.479 e. The maximum atomic E-state index is 13.3. The molecule has 0 spiro atoms. The second-order valence-corrected chi connectivity index (χ2v) is 25.6. The highest BCUT2D eigenvalue weighted by atomic mass is 16.8. The molecule has 27 atom stereocenters. The molecular weight excluding hydrogens is 1040 g/mol. The molecule has 13 N–H and O–H groups in total. The Hall–Kier alpha value is -2.83. The Labute approximate surface area is 459 Å². The number of hydrogen-bond donors (Lipinski definition) is 13. The zero-order chi connectivity index (χ0) is 58.4. The quantitative estimate of drug-likeness (QED) is 0.0415. The van der Waals surface area contributed by atoms with Gasteiger partial charge in [0.25, 0.3) is 0 Å². The highest BCUT2D eigenvalue weighted by molar-refractivity contribution is 5.87. The first-order valence-corrected chi connectivity index (χ1v) is 27.7. The maximum absolute atomic E-state index is 13.3. The Kier molecular flexibility index (Phi) is 17.8. The number of fused-ring (bicyclic) bond motifs is 7. The van der Waals surface area contributed by atoms with E-state index in [2.05, 4.69) is 26.8 Å². The van der Waals surface area contributed by atoms with Crippen LogP contribution in [0.5, 0.6) is 0 Å². The third-order valence-electron chi connectivity index (χ3n) is 21.0. The molecule has 79 heavy (non-hydrogen) atoms. The van der Waals surface area contributed by atoms with Gasteiger partial charge in [0.05, 0.1) is 37.4 Å². The first-order valence-electron chi connectivity index (χ1n) is 27.7. The lowest BCUT2D eigenvalue weighted by atomic mass is 9.33. The van der Waals surface area contributed by atoms with Crippen LogP contribution in [0.15, 0.2) is 23.3 Å². The van der Waals surface area contributed by atoms with Gasteiger partial charge in [-0.15, -0.1) is 0 Å². The summed E-state index contributed by atoms with van der Waals surface area (Å²) in [6.45, 7) is 14.3. The summed E-state index contributed by atoms with van der Waals surface area (Å²) in [5, 5.41) is 144. The molecule has 7 fully saturated rings. The van der Waals surface area contributed by atoms with E-state index in [1.165, 1.54) is 6.92 Å². The third-order valence-corrected chi connectivity index (χ3v) is 21.0. The summed E-state index contributed by atoms with van der Waals surface area (Å²) in [4.78, 5) is 39.0. The zero-order valence-corrected chi connectivity index (χ0v) is 46.4. The lowest BCUT2D eigenvalue weighted by molar-refractivity contribution is -0.392. The fourth-order valence-electron chi connectivity index (χ4n) is 16.1. The van der Waals surface area contributed by atoms with Crippen molar-refractivity contribution in [3.63, 3.8) is 0 Å². The summed E-state index contributed by atoms with van der Waals surface area (Å²) < 4.78 is 47.7. The number of ether oxygens (including phenoxy) is 8. The Morgan fingerprint density at radius 1 is 0.696 bits per heavy atom. The number of carbonyl (C=O) groups is 3. The van der Waals surface area contributed by atoms with Gasteiger partial charge in [0.1, 0.15) is 86.0 Å².